The van der Waals surface area contributed by atoms with Gasteiger partial charge in [-0.2, -0.15) is 4.37 Å². The summed E-state index contributed by atoms with van der Waals surface area (Å²) in [5, 5.41) is 3.18. The number of carbonyl (C=O) groups is 3. The summed E-state index contributed by atoms with van der Waals surface area (Å²) in [6.45, 7) is 4.31. The minimum Gasteiger partial charge on any atom is -0.494 e. The smallest absolute Gasteiger partial charge is 0.273 e. The SMILES string of the molecule is CCOc1ccc([C@H](C(=O)NC2CCCCC2)N(C(=O)c2snc(C(N)=O)c2N)c2cccc(C)c2)cc1. The van der Waals surface area contributed by atoms with Crippen LogP contribution in [0.2, 0.25) is 0 Å². The second-order valence-corrected chi connectivity index (χ2v) is 10.2. The third-order valence-electron chi connectivity index (χ3n) is 6.62. The van der Waals surface area contributed by atoms with Crippen molar-refractivity contribution in [3.63, 3.8) is 0 Å². The molecule has 0 spiro atoms. The Bertz CT molecular complexity index is 1300. The van der Waals surface area contributed by atoms with Crippen LogP contribution in [0.15, 0.2) is 48.5 Å². The topological polar surface area (TPSA) is 141 Å². The van der Waals surface area contributed by atoms with Crippen molar-refractivity contribution >= 4 is 40.6 Å². The molecule has 1 fully saturated rings. The number of ether oxygens (including phenoxy) is 1. The molecule has 200 valence electrons. The van der Waals surface area contributed by atoms with Gasteiger partial charge in [0, 0.05) is 11.7 Å². The molecular weight excluding hydrogens is 502 g/mol. The predicted molar refractivity (Wildman–Crippen MR) is 148 cm³/mol. The highest BCUT2D eigenvalue weighted by Crippen LogP contribution is 2.34. The van der Waals surface area contributed by atoms with Crippen LogP contribution in [0.25, 0.3) is 0 Å². The molecule has 1 aromatic heterocycles. The van der Waals surface area contributed by atoms with E-state index in [1.54, 1.807) is 30.3 Å². The zero-order valence-electron chi connectivity index (χ0n) is 21.6. The molecule has 9 nitrogen and oxygen atoms in total. The lowest BCUT2D eigenvalue weighted by Gasteiger charge is -2.33. The number of nitrogen functional groups attached to an aromatic ring is 1. The van der Waals surface area contributed by atoms with E-state index in [1.165, 1.54) is 4.90 Å². The molecule has 38 heavy (non-hydrogen) atoms. The van der Waals surface area contributed by atoms with E-state index in [1.807, 2.05) is 32.0 Å². The summed E-state index contributed by atoms with van der Waals surface area (Å²) in [6.07, 6.45) is 5.03. The highest BCUT2D eigenvalue weighted by Gasteiger charge is 2.37. The Morgan fingerprint density at radius 3 is 2.45 bits per heavy atom. The molecule has 0 saturated heterocycles. The largest absolute Gasteiger partial charge is 0.494 e. The number of nitrogens with zero attached hydrogens (tertiary/aromatic N) is 2. The Morgan fingerprint density at radius 1 is 1.13 bits per heavy atom. The molecule has 1 atom stereocenters. The number of hydrogen-bond donors (Lipinski definition) is 3. The number of anilines is 2. The average molecular weight is 536 g/mol. The lowest BCUT2D eigenvalue weighted by molar-refractivity contribution is -0.123. The van der Waals surface area contributed by atoms with Gasteiger partial charge in [-0.05, 0) is 73.6 Å². The van der Waals surface area contributed by atoms with Crippen molar-refractivity contribution in [2.45, 2.75) is 58.0 Å². The Balaban J connectivity index is 1.83. The molecule has 0 unspecified atom stereocenters. The van der Waals surface area contributed by atoms with E-state index in [0.717, 1.165) is 49.2 Å². The van der Waals surface area contributed by atoms with E-state index in [4.69, 9.17) is 16.2 Å². The second kappa shape index (κ2) is 12.1. The second-order valence-electron chi connectivity index (χ2n) is 9.40. The summed E-state index contributed by atoms with van der Waals surface area (Å²) >= 11 is 0.790. The molecule has 0 radical (unpaired) electrons. The Labute approximate surface area is 226 Å². The normalized spacial score (nSPS) is 14.5. The van der Waals surface area contributed by atoms with Crippen LogP contribution in [0, 0.1) is 6.92 Å². The minimum absolute atomic E-state index is 0.0332. The van der Waals surface area contributed by atoms with Crippen LogP contribution in [0.3, 0.4) is 0 Å². The maximum absolute atomic E-state index is 14.2. The number of rotatable bonds is 9. The molecule has 1 aliphatic rings. The summed E-state index contributed by atoms with van der Waals surface area (Å²) in [6, 6.07) is 13.5. The molecule has 0 aliphatic heterocycles. The predicted octanol–water partition coefficient (Wildman–Crippen LogP) is 4.37. The van der Waals surface area contributed by atoms with Gasteiger partial charge in [-0.25, -0.2) is 0 Å². The Morgan fingerprint density at radius 2 is 1.84 bits per heavy atom. The fraction of sp³-hybridized carbons (Fsp3) is 0.357. The minimum atomic E-state index is -1.01. The lowest BCUT2D eigenvalue weighted by Crippen LogP contribution is -2.47. The maximum Gasteiger partial charge on any atom is 0.273 e. The van der Waals surface area contributed by atoms with Gasteiger partial charge in [-0.15, -0.1) is 0 Å². The number of carbonyl (C=O) groups excluding carboxylic acids is 3. The zero-order chi connectivity index (χ0) is 27.2. The number of primary amides is 1. The van der Waals surface area contributed by atoms with Crippen molar-refractivity contribution in [2.24, 2.45) is 5.73 Å². The molecule has 3 aromatic rings. The molecule has 1 aliphatic carbocycles. The highest BCUT2D eigenvalue weighted by molar-refractivity contribution is 7.09. The van der Waals surface area contributed by atoms with Crippen molar-refractivity contribution in [3.8, 4) is 5.75 Å². The van der Waals surface area contributed by atoms with Gasteiger partial charge in [-0.1, -0.05) is 43.5 Å². The number of nitrogens with one attached hydrogen (secondary N) is 1. The molecular formula is C28H33N5O4S. The first-order chi connectivity index (χ1) is 18.3. The first kappa shape index (κ1) is 27.1. The fourth-order valence-electron chi connectivity index (χ4n) is 4.76. The molecule has 2 aromatic carbocycles. The Hall–Kier alpha value is -3.92. The molecule has 3 amide bonds. The molecule has 0 bridgehead atoms. The van der Waals surface area contributed by atoms with Crippen LogP contribution in [0.5, 0.6) is 5.75 Å². The van der Waals surface area contributed by atoms with Crippen LogP contribution >= 0.6 is 11.5 Å². The van der Waals surface area contributed by atoms with Gasteiger partial charge in [0.15, 0.2) is 5.69 Å². The summed E-state index contributed by atoms with van der Waals surface area (Å²) in [5.41, 5.74) is 13.3. The number of benzene rings is 2. The molecule has 1 saturated carbocycles. The van der Waals surface area contributed by atoms with Gasteiger partial charge >= 0.3 is 0 Å². The van der Waals surface area contributed by atoms with E-state index in [2.05, 4.69) is 9.69 Å². The average Bonchev–Trinajstić information content (AvgIpc) is 3.29. The summed E-state index contributed by atoms with van der Waals surface area (Å²) in [7, 11) is 0. The van der Waals surface area contributed by atoms with Gasteiger partial charge in [0.05, 0.1) is 12.3 Å². The third kappa shape index (κ3) is 5.96. The van der Waals surface area contributed by atoms with Crippen LogP contribution in [0.4, 0.5) is 11.4 Å². The fourth-order valence-corrected chi connectivity index (χ4v) is 5.50. The van der Waals surface area contributed by atoms with Crippen molar-refractivity contribution < 1.29 is 19.1 Å². The van der Waals surface area contributed by atoms with E-state index >= 15 is 0 Å². The van der Waals surface area contributed by atoms with Crippen LogP contribution < -0.4 is 26.4 Å². The van der Waals surface area contributed by atoms with E-state index in [9.17, 15) is 14.4 Å². The molecule has 4 rings (SSSR count). The number of aryl methyl sites for hydroxylation is 1. The summed E-state index contributed by atoms with van der Waals surface area (Å²) < 4.78 is 9.60. The monoisotopic (exact) mass is 535 g/mol. The van der Waals surface area contributed by atoms with Crippen LogP contribution in [0.1, 0.15) is 76.4 Å². The number of aromatic nitrogens is 1. The summed E-state index contributed by atoms with van der Waals surface area (Å²) in [5.74, 6) is -1.00. The van der Waals surface area contributed by atoms with E-state index < -0.39 is 17.9 Å². The van der Waals surface area contributed by atoms with Gasteiger partial charge in [-0.3, -0.25) is 19.3 Å². The van der Waals surface area contributed by atoms with Crippen LogP contribution in [-0.4, -0.2) is 34.7 Å². The van der Waals surface area contributed by atoms with Gasteiger partial charge in [0.2, 0.25) is 5.91 Å². The highest BCUT2D eigenvalue weighted by atomic mass is 32.1. The van der Waals surface area contributed by atoms with Gasteiger partial charge < -0.3 is 21.5 Å². The first-order valence-electron chi connectivity index (χ1n) is 12.8. The van der Waals surface area contributed by atoms with E-state index in [-0.39, 0.29) is 28.2 Å². The van der Waals surface area contributed by atoms with E-state index in [0.29, 0.717) is 23.6 Å². The van der Waals surface area contributed by atoms with Crippen molar-refractivity contribution in [3.05, 3.63) is 70.2 Å². The quantitative estimate of drug-likeness (QED) is 0.372. The van der Waals surface area contributed by atoms with Crippen LogP contribution in [-0.2, 0) is 4.79 Å². The van der Waals surface area contributed by atoms with Crippen molar-refractivity contribution in [2.75, 3.05) is 17.2 Å². The number of nitrogens with two attached hydrogens (primary N) is 2. The third-order valence-corrected chi connectivity index (χ3v) is 7.47. The number of hydrogen-bond acceptors (Lipinski definition) is 7. The van der Waals surface area contributed by atoms with Crippen molar-refractivity contribution in [1.29, 1.82) is 0 Å². The Kier molecular flexibility index (Phi) is 8.62. The lowest BCUT2D eigenvalue weighted by atomic mass is 9.94. The maximum atomic E-state index is 14.2. The van der Waals surface area contributed by atoms with Gasteiger partial charge in [0.1, 0.15) is 16.7 Å². The zero-order valence-corrected chi connectivity index (χ0v) is 22.4. The first-order valence-corrected chi connectivity index (χ1v) is 13.6. The molecule has 10 heteroatoms. The molecule has 1 heterocycles. The molecule has 5 N–H and O–H groups in total. The summed E-state index contributed by atoms with van der Waals surface area (Å²) in [4.78, 5) is 41.4. The van der Waals surface area contributed by atoms with Gasteiger partial charge in [0.25, 0.3) is 11.8 Å². The standard InChI is InChI=1S/C28H33N5O4S/c1-3-37-21-14-12-18(13-15-21)24(27(35)31-19-9-5-4-6-10-19)33(20-11-7-8-17(2)16-20)28(36)25-22(29)23(26(30)34)32-38-25/h7-8,11-16,19,24H,3-6,9-10,29H2,1-2H3,(H2,30,34)(H,31,35)/t24-/m1/s1. The number of amides is 3. The van der Waals surface area contributed by atoms with Crippen molar-refractivity contribution in [1.82, 2.24) is 9.69 Å².